The molecule has 0 unspecified atom stereocenters. The van der Waals surface area contributed by atoms with Gasteiger partial charge >= 0.3 is 0 Å². The summed E-state index contributed by atoms with van der Waals surface area (Å²) in [7, 11) is 0. The molecule has 1 heterocycles. The molecule has 0 aromatic heterocycles. The molecule has 0 N–H and O–H groups in total. The highest BCUT2D eigenvalue weighted by molar-refractivity contribution is 4.73. The molecule has 1 saturated heterocycles. The number of nitrogens with zero attached hydrogens (tertiary/aromatic N) is 1. The predicted molar refractivity (Wildman–Crippen MR) is 49.2 cm³/mol. The average Bonchev–Trinajstić information content (AvgIpc) is 2.50. The van der Waals surface area contributed by atoms with E-state index in [2.05, 4.69) is 18.4 Å². The minimum atomic E-state index is 1.30. The summed E-state index contributed by atoms with van der Waals surface area (Å²) in [6.07, 6.45) is 8.23. The SMILES string of the molecule is CCCCC[CH]N1CCCC1. The Hall–Kier alpha value is -0.0400. The Balaban J connectivity index is 1.86. The normalized spacial score (nSPS) is 19.4. The number of likely N-dealkylation sites (tertiary alicyclic amines) is 1. The number of hydrogen-bond donors (Lipinski definition) is 0. The molecule has 0 atom stereocenters. The summed E-state index contributed by atoms with van der Waals surface area (Å²) in [5.41, 5.74) is 0. The van der Waals surface area contributed by atoms with E-state index in [0.29, 0.717) is 0 Å². The summed E-state index contributed by atoms with van der Waals surface area (Å²) in [6.45, 7) is 7.29. The van der Waals surface area contributed by atoms with Crippen molar-refractivity contribution in [2.75, 3.05) is 13.1 Å². The van der Waals surface area contributed by atoms with Crippen LogP contribution in [0.25, 0.3) is 0 Å². The lowest BCUT2D eigenvalue weighted by molar-refractivity contribution is 0.393. The van der Waals surface area contributed by atoms with Crippen LogP contribution in [0.3, 0.4) is 0 Å². The molecule has 1 heteroatoms. The van der Waals surface area contributed by atoms with Crippen molar-refractivity contribution < 1.29 is 0 Å². The smallest absolute Gasteiger partial charge is 0.0251 e. The van der Waals surface area contributed by atoms with Gasteiger partial charge in [0.05, 0.1) is 0 Å². The Labute approximate surface area is 70.8 Å². The van der Waals surface area contributed by atoms with Gasteiger partial charge in [-0.1, -0.05) is 26.2 Å². The number of rotatable bonds is 5. The Kier molecular flexibility index (Phi) is 4.60. The average molecular weight is 154 g/mol. The Morgan fingerprint density at radius 3 is 2.55 bits per heavy atom. The standard InChI is InChI=1S/C10H20N/c1-2-3-4-5-8-11-9-6-7-10-11/h8H,2-7,9-10H2,1H3. The van der Waals surface area contributed by atoms with E-state index >= 15 is 0 Å². The topological polar surface area (TPSA) is 3.24 Å². The highest BCUT2D eigenvalue weighted by Crippen LogP contribution is 2.12. The molecule has 0 spiro atoms. The second kappa shape index (κ2) is 5.59. The van der Waals surface area contributed by atoms with Crippen molar-refractivity contribution >= 4 is 0 Å². The largest absolute Gasteiger partial charge is 0.299 e. The van der Waals surface area contributed by atoms with E-state index in [1.165, 1.54) is 51.6 Å². The molecule has 11 heavy (non-hydrogen) atoms. The van der Waals surface area contributed by atoms with Crippen LogP contribution in [-0.2, 0) is 0 Å². The van der Waals surface area contributed by atoms with Gasteiger partial charge < -0.3 is 0 Å². The Morgan fingerprint density at radius 1 is 1.18 bits per heavy atom. The molecule has 1 rings (SSSR count). The molecule has 1 fully saturated rings. The third-order valence-electron chi connectivity index (χ3n) is 2.34. The van der Waals surface area contributed by atoms with E-state index in [-0.39, 0.29) is 0 Å². The van der Waals surface area contributed by atoms with E-state index in [1.54, 1.807) is 0 Å². The van der Waals surface area contributed by atoms with Crippen LogP contribution in [0.1, 0.15) is 45.4 Å². The van der Waals surface area contributed by atoms with Gasteiger partial charge in [0.15, 0.2) is 0 Å². The van der Waals surface area contributed by atoms with Gasteiger partial charge in [-0.05, 0) is 32.4 Å². The third kappa shape index (κ3) is 3.76. The molecule has 65 valence electrons. The van der Waals surface area contributed by atoms with Crippen LogP contribution in [0.5, 0.6) is 0 Å². The molecule has 0 aliphatic carbocycles. The zero-order chi connectivity index (χ0) is 7.94. The van der Waals surface area contributed by atoms with Crippen LogP contribution in [0, 0.1) is 6.54 Å². The lowest BCUT2D eigenvalue weighted by Gasteiger charge is -2.12. The summed E-state index contributed by atoms with van der Waals surface area (Å²) < 4.78 is 0. The fourth-order valence-electron chi connectivity index (χ4n) is 1.59. The monoisotopic (exact) mass is 154 g/mol. The van der Waals surface area contributed by atoms with Crippen LogP contribution in [0.4, 0.5) is 0 Å². The van der Waals surface area contributed by atoms with E-state index in [9.17, 15) is 0 Å². The number of unbranched alkanes of at least 4 members (excludes halogenated alkanes) is 3. The second-order valence-electron chi connectivity index (χ2n) is 3.42. The van der Waals surface area contributed by atoms with Crippen molar-refractivity contribution in [2.45, 2.75) is 45.4 Å². The van der Waals surface area contributed by atoms with Crippen LogP contribution in [0.15, 0.2) is 0 Å². The van der Waals surface area contributed by atoms with E-state index < -0.39 is 0 Å². The van der Waals surface area contributed by atoms with Crippen molar-refractivity contribution in [1.82, 2.24) is 4.90 Å². The molecular weight excluding hydrogens is 134 g/mol. The molecule has 1 nitrogen and oxygen atoms in total. The van der Waals surface area contributed by atoms with Gasteiger partial charge in [0.2, 0.25) is 0 Å². The van der Waals surface area contributed by atoms with E-state index in [0.717, 1.165) is 0 Å². The van der Waals surface area contributed by atoms with Gasteiger partial charge in [-0.25, -0.2) is 0 Å². The highest BCUT2D eigenvalue weighted by atomic mass is 15.1. The molecular formula is C10H20N. The molecule has 0 aromatic carbocycles. The van der Waals surface area contributed by atoms with Crippen molar-refractivity contribution in [3.63, 3.8) is 0 Å². The first-order valence-corrected chi connectivity index (χ1v) is 5.01. The molecule has 1 aliphatic heterocycles. The van der Waals surface area contributed by atoms with E-state index in [4.69, 9.17) is 0 Å². The Morgan fingerprint density at radius 2 is 1.91 bits per heavy atom. The second-order valence-corrected chi connectivity index (χ2v) is 3.42. The first kappa shape index (κ1) is 9.05. The molecule has 1 radical (unpaired) electrons. The maximum atomic E-state index is 2.48. The van der Waals surface area contributed by atoms with Gasteiger partial charge in [0.25, 0.3) is 0 Å². The lowest BCUT2D eigenvalue weighted by atomic mass is 10.2. The fourth-order valence-corrected chi connectivity index (χ4v) is 1.59. The molecule has 0 saturated carbocycles. The zero-order valence-corrected chi connectivity index (χ0v) is 7.68. The summed E-state index contributed by atoms with van der Waals surface area (Å²) in [5.74, 6) is 0. The van der Waals surface area contributed by atoms with Gasteiger partial charge in [-0.15, -0.1) is 0 Å². The van der Waals surface area contributed by atoms with Crippen LogP contribution in [0.2, 0.25) is 0 Å². The summed E-state index contributed by atoms with van der Waals surface area (Å²) >= 11 is 0. The van der Waals surface area contributed by atoms with Crippen LogP contribution < -0.4 is 0 Å². The van der Waals surface area contributed by atoms with Crippen molar-refractivity contribution in [3.05, 3.63) is 6.54 Å². The van der Waals surface area contributed by atoms with Crippen molar-refractivity contribution in [3.8, 4) is 0 Å². The lowest BCUT2D eigenvalue weighted by Crippen LogP contribution is -2.15. The maximum absolute atomic E-state index is 2.48. The first-order chi connectivity index (χ1) is 5.43. The summed E-state index contributed by atoms with van der Waals surface area (Å²) in [5, 5.41) is 0. The maximum Gasteiger partial charge on any atom is 0.0251 e. The minimum absolute atomic E-state index is 1.30. The molecule has 0 amide bonds. The molecule has 0 aromatic rings. The minimum Gasteiger partial charge on any atom is -0.299 e. The van der Waals surface area contributed by atoms with Crippen LogP contribution in [-0.4, -0.2) is 18.0 Å². The van der Waals surface area contributed by atoms with Crippen molar-refractivity contribution in [1.29, 1.82) is 0 Å². The third-order valence-corrected chi connectivity index (χ3v) is 2.34. The summed E-state index contributed by atoms with van der Waals surface area (Å²) in [4.78, 5) is 2.48. The zero-order valence-electron chi connectivity index (χ0n) is 7.68. The highest BCUT2D eigenvalue weighted by Gasteiger charge is 2.09. The number of hydrogen-bond acceptors (Lipinski definition) is 1. The fraction of sp³-hybridized carbons (Fsp3) is 0.900. The molecule has 0 bridgehead atoms. The van der Waals surface area contributed by atoms with Gasteiger partial charge in [0.1, 0.15) is 0 Å². The first-order valence-electron chi connectivity index (χ1n) is 5.01. The van der Waals surface area contributed by atoms with Gasteiger partial charge in [-0.3, -0.25) is 4.90 Å². The Bertz CT molecular complexity index is 84.9. The van der Waals surface area contributed by atoms with E-state index in [1.807, 2.05) is 0 Å². The molecule has 1 aliphatic rings. The van der Waals surface area contributed by atoms with Gasteiger partial charge in [0, 0.05) is 6.54 Å². The predicted octanol–water partition coefficient (Wildman–Crippen LogP) is 2.82. The summed E-state index contributed by atoms with van der Waals surface area (Å²) in [6, 6.07) is 0. The van der Waals surface area contributed by atoms with Crippen molar-refractivity contribution in [2.24, 2.45) is 0 Å². The quantitative estimate of drug-likeness (QED) is 0.550. The van der Waals surface area contributed by atoms with Gasteiger partial charge in [-0.2, -0.15) is 0 Å². The van der Waals surface area contributed by atoms with Crippen LogP contribution >= 0.6 is 0 Å².